The summed E-state index contributed by atoms with van der Waals surface area (Å²) in [6.07, 6.45) is 0.0388. The summed E-state index contributed by atoms with van der Waals surface area (Å²) in [6.45, 7) is 1.99. The minimum absolute atomic E-state index is 0.429. The maximum Gasteiger partial charge on any atom is 0.183 e. The van der Waals surface area contributed by atoms with Gasteiger partial charge in [-0.1, -0.05) is 37.3 Å². The van der Waals surface area contributed by atoms with E-state index in [0.29, 0.717) is 5.82 Å². The lowest BCUT2D eigenvalue weighted by atomic mass is 10.1. The van der Waals surface area contributed by atoms with Crippen molar-refractivity contribution in [2.45, 2.75) is 19.4 Å². The Bertz CT molecular complexity index is 424. The van der Waals surface area contributed by atoms with Crippen molar-refractivity contribution in [1.82, 2.24) is 15.2 Å². The first-order valence-corrected chi connectivity index (χ1v) is 4.95. The predicted molar refractivity (Wildman–Crippen MR) is 56.3 cm³/mol. The number of aromatic amines is 1. The Morgan fingerprint density at radius 3 is 2.67 bits per heavy atom. The summed E-state index contributed by atoms with van der Waals surface area (Å²) in [5.74, 6) is 1.22. The number of benzene rings is 1. The molecule has 0 saturated carbocycles. The van der Waals surface area contributed by atoms with Gasteiger partial charge in [-0.2, -0.15) is 5.10 Å². The van der Waals surface area contributed by atoms with Crippen LogP contribution in [0.2, 0.25) is 0 Å². The van der Waals surface area contributed by atoms with Crippen LogP contribution in [-0.4, -0.2) is 20.3 Å². The third-order valence-corrected chi connectivity index (χ3v) is 2.24. The molecule has 2 aromatic rings. The third-order valence-electron chi connectivity index (χ3n) is 2.24. The number of aliphatic hydroxyl groups excluding tert-OH is 1. The number of aliphatic hydroxyl groups is 1. The molecule has 0 aliphatic carbocycles. The van der Waals surface area contributed by atoms with Crippen LogP contribution in [0, 0.1) is 0 Å². The van der Waals surface area contributed by atoms with E-state index in [4.69, 9.17) is 0 Å². The maximum atomic E-state index is 9.96. The molecule has 78 valence electrons. The largest absolute Gasteiger partial charge is 0.380 e. The Morgan fingerprint density at radius 2 is 2.07 bits per heavy atom. The van der Waals surface area contributed by atoms with Crippen molar-refractivity contribution < 1.29 is 5.11 Å². The Morgan fingerprint density at radius 1 is 1.33 bits per heavy atom. The van der Waals surface area contributed by atoms with Crippen LogP contribution in [0.4, 0.5) is 0 Å². The van der Waals surface area contributed by atoms with Crippen LogP contribution in [0.1, 0.15) is 30.2 Å². The Kier molecular flexibility index (Phi) is 2.78. The normalized spacial score (nSPS) is 12.7. The molecular weight excluding hydrogens is 190 g/mol. The van der Waals surface area contributed by atoms with Crippen LogP contribution in [0.5, 0.6) is 0 Å². The summed E-state index contributed by atoms with van der Waals surface area (Å²) in [5, 5.41) is 16.7. The lowest BCUT2D eigenvalue weighted by molar-refractivity contribution is 0.210. The van der Waals surface area contributed by atoms with Crippen LogP contribution >= 0.6 is 0 Å². The van der Waals surface area contributed by atoms with Crippen molar-refractivity contribution in [2.75, 3.05) is 0 Å². The van der Waals surface area contributed by atoms with Crippen LogP contribution in [-0.2, 0) is 6.42 Å². The van der Waals surface area contributed by atoms with Crippen molar-refractivity contribution in [3.8, 4) is 0 Å². The highest BCUT2D eigenvalue weighted by Crippen LogP contribution is 2.17. The van der Waals surface area contributed by atoms with E-state index in [1.54, 1.807) is 0 Å². The van der Waals surface area contributed by atoms with Gasteiger partial charge in [0.2, 0.25) is 0 Å². The summed E-state index contributed by atoms with van der Waals surface area (Å²) in [5.41, 5.74) is 0.805. The second-order valence-electron chi connectivity index (χ2n) is 3.31. The first-order chi connectivity index (χ1) is 7.31. The van der Waals surface area contributed by atoms with E-state index >= 15 is 0 Å². The average Bonchev–Trinajstić information content (AvgIpc) is 2.78. The number of hydrogen-bond acceptors (Lipinski definition) is 3. The van der Waals surface area contributed by atoms with E-state index in [9.17, 15) is 5.11 Å². The highest BCUT2D eigenvalue weighted by atomic mass is 16.3. The lowest BCUT2D eigenvalue weighted by Crippen LogP contribution is -2.01. The number of H-pyrrole nitrogens is 1. The number of aromatic nitrogens is 3. The van der Waals surface area contributed by atoms with E-state index in [1.807, 2.05) is 37.3 Å². The molecule has 1 heterocycles. The molecule has 15 heavy (non-hydrogen) atoms. The standard InChI is InChI=1S/C11H13N3O/c1-2-9-12-11(14-13-9)10(15)8-6-4-3-5-7-8/h3-7,10,15H,2H2,1H3,(H,12,13,14). The van der Waals surface area contributed by atoms with Crippen LogP contribution in [0.25, 0.3) is 0 Å². The molecule has 0 amide bonds. The molecule has 0 aliphatic heterocycles. The summed E-state index contributed by atoms with van der Waals surface area (Å²) >= 11 is 0. The molecule has 0 saturated heterocycles. The molecule has 4 heteroatoms. The summed E-state index contributed by atoms with van der Waals surface area (Å²) in [6, 6.07) is 9.38. The molecule has 1 aromatic heterocycles. The summed E-state index contributed by atoms with van der Waals surface area (Å²) in [7, 11) is 0. The van der Waals surface area contributed by atoms with Gasteiger partial charge in [0.1, 0.15) is 11.9 Å². The zero-order valence-corrected chi connectivity index (χ0v) is 8.51. The number of nitrogens with zero attached hydrogens (tertiary/aromatic N) is 2. The minimum Gasteiger partial charge on any atom is -0.380 e. The van der Waals surface area contributed by atoms with Gasteiger partial charge in [0.15, 0.2) is 5.82 Å². The Labute approximate surface area is 88.0 Å². The number of aryl methyl sites for hydroxylation is 1. The SMILES string of the molecule is CCc1nc(C(O)c2ccccc2)n[nH]1. The Hall–Kier alpha value is -1.68. The first-order valence-electron chi connectivity index (χ1n) is 4.95. The van der Waals surface area contributed by atoms with Gasteiger partial charge in [-0.15, -0.1) is 0 Å². The molecule has 2 rings (SSSR count). The quantitative estimate of drug-likeness (QED) is 0.793. The summed E-state index contributed by atoms with van der Waals surface area (Å²) < 4.78 is 0. The topological polar surface area (TPSA) is 61.8 Å². The number of rotatable bonds is 3. The van der Waals surface area contributed by atoms with Crippen molar-refractivity contribution in [1.29, 1.82) is 0 Å². The minimum atomic E-state index is -0.747. The average molecular weight is 203 g/mol. The molecule has 1 aromatic carbocycles. The molecule has 1 atom stereocenters. The fraction of sp³-hybridized carbons (Fsp3) is 0.273. The zero-order valence-electron chi connectivity index (χ0n) is 8.51. The number of nitrogens with one attached hydrogen (secondary N) is 1. The highest BCUT2D eigenvalue weighted by Gasteiger charge is 2.14. The second-order valence-corrected chi connectivity index (χ2v) is 3.31. The van der Waals surface area contributed by atoms with Crippen molar-refractivity contribution in [2.24, 2.45) is 0 Å². The van der Waals surface area contributed by atoms with Crippen molar-refractivity contribution in [3.63, 3.8) is 0 Å². The smallest absolute Gasteiger partial charge is 0.183 e. The van der Waals surface area contributed by atoms with E-state index in [2.05, 4.69) is 15.2 Å². The Balaban J connectivity index is 2.24. The van der Waals surface area contributed by atoms with Gasteiger partial charge in [-0.3, -0.25) is 5.10 Å². The molecule has 1 unspecified atom stereocenters. The predicted octanol–water partition coefficient (Wildman–Crippen LogP) is 1.45. The van der Waals surface area contributed by atoms with Crippen molar-refractivity contribution in [3.05, 3.63) is 47.5 Å². The summed E-state index contributed by atoms with van der Waals surface area (Å²) in [4.78, 5) is 4.19. The molecule has 0 bridgehead atoms. The number of hydrogen-bond donors (Lipinski definition) is 2. The van der Waals surface area contributed by atoms with Gasteiger partial charge >= 0.3 is 0 Å². The zero-order chi connectivity index (χ0) is 10.7. The molecule has 0 fully saturated rings. The highest BCUT2D eigenvalue weighted by molar-refractivity contribution is 5.22. The van der Waals surface area contributed by atoms with E-state index < -0.39 is 6.10 Å². The maximum absolute atomic E-state index is 9.96. The van der Waals surface area contributed by atoms with Gasteiger partial charge in [-0.05, 0) is 5.56 Å². The van der Waals surface area contributed by atoms with Gasteiger partial charge in [-0.25, -0.2) is 4.98 Å². The van der Waals surface area contributed by atoms with Crippen LogP contribution in [0.15, 0.2) is 30.3 Å². The molecule has 0 aliphatic rings. The van der Waals surface area contributed by atoms with Gasteiger partial charge in [0.25, 0.3) is 0 Å². The lowest BCUT2D eigenvalue weighted by Gasteiger charge is -2.05. The molecular formula is C11H13N3O. The van der Waals surface area contributed by atoms with Crippen LogP contribution < -0.4 is 0 Å². The van der Waals surface area contributed by atoms with E-state index in [0.717, 1.165) is 17.8 Å². The van der Waals surface area contributed by atoms with Crippen LogP contribution in [0.3, 0.4) is 0 Å². The third kappa shape index (κ3) is 2.05. The van der Waals surface area contributed by atoms with Gasteiger partial charge < -0.3 is 5.11 Å². The van der Waals surface area contributed by atoms with E-state index in [1.165, 1.54) is 0 Å². The molecule has 4 nitrogen and oxygen atoms in total. The second kappa shape index (κ2) is 4.23. The molecule has 2 N–H and O–H groups in total. The molecule has 0 spiro atoms. The van der Waals surface area contributed by atoms with E-state index in [-0.39, 0.29) is 0 Å². The fourth-order valence-electron chi connectivity index (χ4n) is 1.37. The van der Waals surface area contributed by atoms with Gasteiger partial charge in [0.05, 0.1) is 0 Å². The molecule has 0 radical (unpaired) electrons. The fourth-order valence-corrected chi connectivity index (χ4v) is 1.37. The van der Waals surface area contributed by atoms with Crippen molar-refractivity contribution >= 4 is 0 Å². The monoisotopic (exact) mass is 203 g/mol. The van der Waals surface area contributed by atoms with Gasteiger partial charge in [0, 0.05) is 6.42 Å². The first kappa shape index (κ1) is 9.86.